The first-order valence-electron chi connectivity index (χ1n) is 4.39. The Kier molecular flexibility index (Phi) is 2.78. The van der Waals surface area contributed by atoms with Gasteiger partial charge in [0.05, 0.1) is 0 Å². The molecule has 1 aromatic heterocycles. The van der Waals surface area contributed by atoms with Crippen LogP contribution in [0.25, 0.3) is 0 Å². The van der Waals surface area contributed by atoms with Gasteiger partial charge < -0.3 is 4.74 Å². The maximum absolute atomic E-state index is 11.3. The van der Waals surface area contributed by atoms with Gasteiger partial charge in [-0.05, 0) is 27.7 Å². The van der Waals surface area contributed by atoms with Gasteiger partial charge in [-0.3, -0.25) is 10.4 Å². The van der Waals surface area contributed by atoms with Gasteiger partial charge in [-0.2, -0.15) is 5.10 Å². The molecule has 1 aromatic rings. The summed E-state index contributed by atoms with van der Waals surface area (Å²) in [6.45, 7) is 7.27. The third-order valence-corrected chi connectivity index (χ3v) is 1.45. The predicted molar refractivity (Wildman–Crippen MR) is 53.2 cm³/mol. The first-order chi connectivity index (χ1) is 6.38. The molecule has 0 aliphatic carbocycles. The number of carbonyl (C=O) groups excluding carboxylic acids is 1. The highest BCUT2D eigenvalue weighted by molar-refractivity contribution is 5.84. The lowest BCUT2D eigenvalue weighted by Gasteiger charge is -2.19. The molecule has 2 N–H and O–H groups in total. The largest absolute Gasteiger partial charge is 0.444 e. The van der Waals surface area contributed by atoms with Crippen molar-refractivity contribution in [2.45, 2.75) is 33.3 Å². The van der Waals surface area contributed by atoms with Crippen molar-refractivity contribution in [3.05, 3.63) is 11.8 Å². The SMILES string of the molecule is Cc1c[nH]nc1NC(=O)OC(C)(C)C. The van der Waals surface area contributed by atoms with Crippen molar-refractivity contribution in [1.29, 1.82) is 0 Å². The second-order valence-electron chi connectivity index (χ2n) is 4.04. The molecule has 78 valence electrons. The van der Waals surface area contributed by atoms with Crippen LogP contribution in [0.1, 0.15) is 26.3 Å². The lowest BCUT2D eigenvalue weighted by molar-refractivity contribution is 0.0635. The molecule has 0 saturated heterocycles. The fourth-order valence-corrected chi connectivity index (χ4v) is 0.877. The van der Waals surface area contributed by atoms with Gasteiger partial charge in [0, 0.05) is 11.8 Å². The summed E-state index contributed by atoms with van der Waals surface area (Å²) in [5, 5.41) is 9.04. The van der Waals surface area contributed by atoms with Crippen molar-refractivity contribution in [2.24, 2.45) is 0 Å². The average Bonchev–Trinajstić information content (AvgIpc) is 2.32. The monoisotopic (exact) mass is 197 g/mol. The third-order valence-electron chi connectivity index (χ3n) is 1.45. The number of rotatable bonds is 1. The summed E-state index contributed by atoms with van der Waals surface area (Å²) in [6, 6.07) is 0. The Labute approximate surface area is 82.8 Å². The van der Waals surface area contributed by atoms with E-state index < -0.39 is 11.7 Å². The quantitative estimate of drug-likeness (QED) is 0.724. The Balaban J connectivity index is 2.54. The molecule has 1 rings (SSSR count). The highest BCUT2D eigenvalue weighted by Gasteiger charge is 2.17. The zero-order valence-corrected chi connectivity index (χ0v) is 8.84. The summed E-state index contributed by atoms with van der Waals surface area (Å²) in [7, 11) is 0. The first kappa shape index (κ1) is 10.6. The fraction of sp³-hybridized carbons (Fsp3) is 0.556. The number of carbonyl (C=O) groups is 1. The van der Waals surface area contributed by atoms with Crippen LogP contribution in [0.5, 0.6) is 0 Å². The number of hydrogen-bond donors (Lipinski definition) is 2. The summed E-state index contributed by atoms with van der Waals surface area (Å²) in [5.41, 5.74) is 0.379. The maximum atomic E-state index is 11.3. The number of hydrogen-bond acceptors (Lipinski definition) is 3. The molecule has 0 fully saturated rings. The van der Waals surface area contributed by atoms with Gasteiger partial charge >= 0.3 is 6.09 Å². The minimum Gasteiger partial charge on any atom is -0.444 e. The van der Waals surface area contributed by atoms with Crippen LogP contribution in [-0.4, -0.2) is 21.9 Å². The summed E-state index contributed by atoms with van der Waals surface area (Å²) in [6.07, 6.45) is 1.21. The highest BCUT2D eigenvalue weighted by Crippen LogP contribution is 2.12. The van der Waals surface area contributed by atoms with Crippen molar-refractivity contribution in [3.63, 3.8) is 0 Å². The summed E-state index contributed by atoms with van der Waals surface area (Å²) in [4.78, 5) is 11.3. The number of nitrogens with one attached hydrogen (secondary N) is 2. The second kappa shape index (κ2) is 3.69. The first-order valence-corrected chi connectivity index (χ1v) is 4.39. The number of aromatic amines is 1. The number of anilines is 1. The topological polar surface area (TPSA) is 67.0 Å². The molecule has 0 atom stereocenters. The zero-order chi connectivity index (χ0) is 10.8. The zero-order valence-electron chi connectivity index (χ0n) is 8.84. The minimum atomic E-state index is -0.493. The number of H-pyrrole nitrogens is 1. The Morgan fingerprint density at radius 2 is 2.21 bits per heavy atom. The molecule has 0 aliphatic rings. The molecule has 1 heterocycles. The van der Waals surface area contributed by atoms with Crippen LogP contribution in [0.15, 0.2) is 6.20 Å². The van der Waals surface area contributed by atoms with Gasteiger partial charge in [0.2, 0.25) is 0 Å². The van der Waals surface area contributed by atoms with Crippen LogP contribution < -0.4 is 5.32 Å². The maximum Gasteiger partial charge on any atom is 0.413 e. The van der Waals surface area contributed by atoms with E-state index in [4.69, 9.17) is 4.74 Å². The smallest absolute Gasteiger partial charge is 0.413 e. The van der Waals surface area contributed by atoms with Crippen LogP contribution in [0.2, 0.25) is 0 Å². The standard InChI is InChI=1S/C9H15N3O2/c1-6-5-10-12-7(6)11-8(13)14-9(2,3)4/h5H,1-4H3,(H2,10,11,12,13). The molecule has 0 spiro atoms. The number of nitrogens with zero attached hydrogens (tertiary/aromatic N) is 1. The molecule has 0 aromatic carbocycles. The summed E-state index contributed by atoms with van der Waals surface area (Å²) < 4.78 is 5.06. The van der Waals surface area contributed by atoms with E-state index in [-0.39, 0.29) is 0 Å². The van der Waals surface area contributed by atoms with Crippen LogP contribution in [-0.2, 0) is 4.74 Å². The van der Waals surface area contributed by atoms with Crippen molar-refractivity contribution in [1.82, 2.24) is 10.2 Å². The van der Waals surface area contributed by atoms with Crippen LogP contribution >= 0.6 is 0 Å². The van der Waals surface area contributed by atoms with Crippen LogP contribution in [0, 0.1) is 6.92 Å². The lowest BCUT2D eigenvalue weighted by atomic mass is 10.2. The van der Waals surface area contributed by atoms with E-state index in [1.807, 2.05) is 27.7 Å². The molecule has 0 radical (unpaired) electrons. The summed E-state index contributed by atoms with van der Waals surface area (Å²) >= 11 is 0. The molecular formula is C9H15N3O2. The number of ether oxygens (including phenoxy) is 1. The van der Waals surface area contributed by atoms with Gasteiger partial charge in [-0.15, -0.1) is 0 Å². The van der Waals surface area contributed by atoms with E-state index >= 15 is 0 Å². The Morgan fingerprint density at radius 3 is 2.64 bits per heavy atom. The van der Waals surface area contributed by atoms with E-state index in [9.17, 15) is 4.79 Å². The van der Waals surface area contributed by atoms with Gasteiger partial charge in [-0.1, -0.05) is 0 Å². The Morgan fingerprint density at radius 1 is 1.57 bits per heavy atom. The molecular weight excluding hydrogens is 182 g/mol. The molecule has 1 amide bonds. The van der Waals surface area contributed by atoms with Crippen LogP contribution in [0.4, 0.5) is 10.6 Å². The van der Waals surface area contributed by atoms with E-state index in [1.165, 1.54) is 0 Å². The number of aryl methyl sites for hydroxylation is 1. The van der Waals surface area contributed by atoms with Gasteiger partial charge in [0.1, 0.15) is 5.60 Å². The number of aromatic nitrogens is 2. The Bertz CT molecular complexity index is 325. The minimum absolute atomic E-state index is 0.492. The number of amides is 1. The predicted octanol–water partition coefficient (Wildman–Crippen LogP) is 2.07. The molecule has 0 bridgehead atoms. The lowest BCUT2D eigenvalue weighted by Crippen LogP contribution is -2.27. The van der Waals surface area contributed by atoms with Crippen molar-refractivity contribution >= 4 is 11.9 Å². The third kappa shape index (κ3) is 3.08. The molecule has 5 nitrogen and oxygen atoms in total. The highest BCUT2D eigenvalue weighted by atomic mass is 16.6. The van der Waals surface area contributed by atoms with E-state index in [2.05, 4.69) is 15.5 Å². The fourth-order valence-electron chi connectivity index (χ4n) is 0.877. The van der Waals surface area contributed by atoms with E-state index in [0.29, 0.717) is 5.82 Å². The molecule has 0 aliphatic heterocycles. The molecule has 0 saturated carbocycles. The van der Waals surface area contributed by atoms with Gasteiger partial charge in [-0.25, -0.2) is 4.79 Å². The Hall–Kier alpha value is -1.52. The van der Waals surface area contributed by atoms with E-state index in [1.54, 1.807) is 6.20 Å². The average molecular weight is 197 g/mol. The summed E-state index contributed by atoms with van der Waals surface area (Å²) in [5.74, 6) is 0.499. The van der Waals surface area contributed by atoms with Crippen molar-refractivity contribution in [3.8, 4) is 0 Å². The van der Waals surface area contributed by atoms with E-state index in [0.717, 1.165) is 5.56 Å². The molecule has 14 heavy (non-hydrogen) atoms. The van der Waals surface area contributed by atoms with Crippen molar-refractivity contribution in [2.75, 3.05) is 5.32 Å². The van der Waals surface area contributed by atoms with Gasteiger partial charge in [0.15, 0.2) is 5.82 Å². The van der Waals surface area contributed by atoms with Crippen LogP contribution in [0.3, 0.4) is 0 Å². The molecule has 5 heteroatoms. The second-order valence-corrected chi connectivity index (χ2v) is 4.04. The van der Waals surface area contributed by atoms with Crippen molar-refractivity contribution < 1.29 is 9.53 Å². The van der Waals surface area contributed by atoms with Gasteiger partial charge in [0.25, 0.3) is 0 Å². The molecule has 0 unspecified atom stereocenters. The normalized spacial score (nSPS) is 11.1.